The highest BCUT2D eigenvalue weighted by Crippen LogP contribution is 2.48. The number of hydrogen-bond acceptors (Lipinski definition) is 3. The van der Waals surface area contributed by atoms with Gasteiger partial charge in [0, 0.05) is 23.9 Å². The summed E-state index contributed by atoms with van der Waals surface area (Å²) >= 11 is 3.40. The maximum Gasteiger partial charge on any atom is 0.329 e. The first kappa shape index (κ1) is 11.8. The molecular formula is C13H12BrNO3. The van der Waals surface area contributed by atoms with Crippen LogP contribution in [0.25, 0.3) is 0 Å². The van der Waals surface area contributed by atoms with Crippen LogP contribution in [0.15, 0.2) is 10.6 Å². The van der Waals surface area contributed by atoms with Crippen molar-refractivity contribution in [1.82, 2.24) is 5.32 Å². The number of amides is 1. The predicted molar refractivity (Wildman–Crippen MR) is 67.4 cm³/mol. The molecule has 3 aliphatic heterocycles. The average Bonchev–Trinajstić information content (AvgIpc) is 2.41. The van der Waals surface area contributed by atoms with Crippen molar-refractivity contribution in [2.24, 2.45) is 11.3 Å². The van der Waals surface area contributed by atoms with Crippen LogP contribution in [0.5, 0.6) is 0 Å². The number of halogens is 1. The van der Waals surface area contributed by atoms with E-state index in [1.54, 1.807) is 6.08 Å². The number of carbonyl (C=O) groups excluding carboxylic acids is 2. The summed E-state index contributed by atoms with van der Waals surface area (Å²) in [6.45, 7) is 0.616. The second kappa shape index (κ2) is 4.13. The fourth-order valence-electron chi connectivity index (χ4n) is 2.66. The van der Waals surface area contributed by atoms with Gasteiger partial charge in [-0.3, -0.25) is 9.59 Å². The largest absolute Gasteiger partial charge is 0.456 e. The molecule has 1 N–H and O–H groups in total. The van der Waals surface area contributed by atoms with E-state index in [0.717, 1.165) is 10.9 Å². The molecule has 1 spiro atoms. The van der Waals surface area contributed by atoms with Crippen molar-refractivity contribution in [2.75, 3.05) is 6.54 Å². The summed E-state index contributed by atoms with van der Waals surface area (Å²) in [5.74, 6) is 5.07. The molecule has 1 aliphatic carbocycles. The van der Waals surface area contributed by atoms with Gasteiger partial charge in [0.25, 0.3) is 0 Å². The summed E-state index contributed by atoms with van der Waals surface area (Å²) < 4.78 is 6.13. The Kier molecular flexibility index (Phi) is 2.70. The van der Waals surface area contributed by atoms with Crippen LogP contribution < -0.4 is 5.32 Å². The van der Waals surface area contributed by atoms with Crippen molar-refractivity contribution in [3.8, 4) is 11.8 Å². The van der Waals surface area contributed by atoms with Crippen LogP contribution in [0, 0.1) is 23.2 Å². The van der Waals surface area contributed by atoms with E-state index in [0.29, 0.717) is 19.4 Å². The Morgan fingerprint density at radius 1 is 1.50 bits per heavy atom. The molecule has 0 saturated carbocycles. The number of carbonyl (C=O) groups is 2. The van der Waals surface area contributed by atoms with E-state index < -0.39 is 17.3 Å². The van der Waals surface area contributed by atoms with Gasteiger partial charge < -0.3 is 10.1 Å². The van der Waals surface area contributed by atoms with E-state index in [9.17, 15) is 9.59 Å². The number of ether oxygens (including phenoxy) is 1. The van der Waals surface area contributed by atoms with Gasteiger partial charge in [-0.25, -0.2) is 0 Å². The first-order chi connectivity index (χ1) is 8.63. The minimum Gasteiger partial charge on any atom is -0.456 e. The lowest BCUT2D eigenvalue weighted by atomic mass is 9.67. The van der Waals surface area contributed by atoms with Crippen molar-refractivity contribution >= 4 is 27.8 Å². The molecule has 18 heavy (non-hydrogen) atoms. The minimum absolute atomic E-state index is 0.0934. The normalized spacial score (nSPS) is 37.9. The second-order valence-corrected chi connectivity index (χ2v) is 5.69. The molecule has 94 valence electrons. The Balaban J connectivity index is 2.13. The van der Waals surface area contributed by atoms with Crippen LogP contribution in [-0.4, -0.2) is 24.5 Å². The Hall–Kier alpha value is -1.28. The molecule has 0 aromatic rings. The molecule has 0 aromatic carbocycles. The zero-order valence-electron chi connectivity index (χ0n) is 9.66. The van der Waals surface area contributed by atoms with Crippen LogP contribution in [-0.2, 0) is 14.3 Å². The molecule has 1 saturated heterocycles. The number of nitrogens with one attached hydrogen (secondary N) is 1. The van der Waals surface area contributed by atoms with Gasteiger partial charge in [-0.15, -0.1) is 5.92 Å². The summed E-state index contributed by atoms with van der Waals surface area (Å²) in [7, 11) is 0. The lowest BCUT2D eigenvalue weighted by Crippen LogP contribution is -2.55. The standard InChI is InChI=1S/C13H12BrNO3/c14-9-7-13-4-2-1-3-5-15-11(16)8(13)6-10(9)18-12(13)17/h7-8,10H,1,3,5-6H2,(H,15,16)/t8-,10-,13-/m0/s1. The number of rotatable bonds is 0. The summed E-state index contributed by atoms with van der Waals surface area (Å²) in [5.41, 5.74) is -1.10. The highest BCUT2D eigenvalue weighted by atomic mass is 79.9. The zero-order valence-corrected chi connectivity index (χ0v) is 11.2. The minimum atomic E-state index is -1.10. The van der Waals surface area contributed by atoms with Gasteiger partial charge in [0.1, 0.15) is 6.10 Å². The number of fused-ring (bicyclic) bond motifs is 1. The molecule has 3 heterocycles. The third kappa shape index (κ3) is 1.59. The zero-order chi connectivity index (χ0) is 12.8. The topological polar surface area (TPSA) is 55.4 Å². The Bertz CT molecular complexity index is 516. The van der Waals surface area contributed by atoms with Crippen LogP contribution in [0.4, 0.5) is 0 Å². The van der Waals surface area contributed by atoms with Crippen molar-refractivity contribution < 1.29 is 14.3 Å². The lowest BCUT2D eigenvalue weighted by molar-refractivity contribution is -0.170. The molecule has 5 heteroatoms. The van der Waals surface area contributed by atoms with E-state index in [1.165, 1.54) is 0 Å². The third-order valence-electron chi connectivity index (χ3n) is 3.65. The SMILES string of the molecule is O=C1NCCCC#C[C@]23C=C(Br)[C@H](C[C@@H]12)OC3=O. The van der Waals surface area contributed by atoms with Crippen molar-refractivity contribution in [2.45, 2.75) is 25.4 Å². The summed E-state index contributed by atoms with van der Waals surface area (Å²) in [5, 5.41) is 2.87. The van der Waals surface area contributed by atoms with E-state index in [-0.39, 0.29) is 12.0 Å². The van der Waals surface area contributed by atoms with Gasteiger partial charge in [0.05, 0.1) is 5.92 Å². The van der Waals surface area contributed by atoms with Crippen molar-refractivity contribution in [3.05, 3.63) is 10.6 Å². The van der Waals surface area contributed by atoms with E-state index in [1.807, 2.05) is 0 Å². The Morgan fingerprint density at radius 3 is 3.17 bits per heavy atom. The van der Waals surface area contributed by atoms with Crippen molar-refractivity contribution in [3.63, 3.8) is 0 Å². The molecular weight excluding hydrogens is 298 g/mol. The fourth-order valence-corrected chi connectivity index (χ4v) is 3.31. The summed E-state index contributed by atoms with van der Waals surface area (Å²) in [4.78, 5) is 24.3. The lowest BCUT2D eigenvalue weighted by Gasteiger charge is -2.43. The van der Waals surface area contributed by atoms with Crippen LogP contribution >= 0.6 is 15.9 Å². The molecule has 0 radical (unpaired) electrons. The average molecular weight is 310 g/mol. The molecule has 4 nitrogen and oxygen atoms in total. The smallest absolute Gasteiger partial charge is 0.329 e. The van der Waals surface area contributed by atoms with Crippen LogP contribution in [0.2, 0.25) is 0 Å². The van der Waals surface area contributed by atoms with E-state index in [2.05, 4.69) is 33.1 Å². The maximum absolute atomic E-state index is 12.2. The Labute approximate surface area is 113 Å². The third-order valence-corrected chi connectivity index (χ3v) is 4.39. The van der Waals surface area contributed by atoms with Gasteiger partial charge in [0.2, 0.25) is 5.91 Å². The molecule has 0 aromatic heterocycles. The Morgan fingerprint density at radius 2 is 2.33 bits per heavy atom. The van der Waals surface area contributed by atoms with Gasteiger partial charge in [-0.2, -0.15) is 0 Å². The van der Waals surface area contributed by atoms with Gasteiger partial charge >= 0.3 is 5.97 Å². The molecule has 3 atom stereocenters. The summed E-state index contributed by atoms with van der Waals surface area (Å²) in [6, 6.07) is 0. The molecule has 0 unspecified atom stereocenters. The summed E-state index contributed by atoms with van der Waals surface area (Å²) in [6.07, 6.45) is 3.42. The number of hydrogen-bond donors (Lipinski definition) is 1. The first-order valence-electron chi connectivity index (χ1n) is 6.00. The van der Waals surface area contributed by atoms with E-state index in [4.69, 9.17) is 4.74 Å². The monoisotopic (exact) mass is 309 g/mol. The highest BCUT2D eigenvalue weighted by Gasteiger charge is 2.57. The maximum atomic E-state index is 12.2. The van der Waals surface area contributed by atoms with Crippen LogP contribution in [0.3, 0.4) is 0 Å². The molecule has 1 amide bonds. The molecule has 4 aliphatic rings. The van der Waals surface area contributed by atoms with Gasteiger partial charge in [-0.1, -0.05) is 21.9 Å². The quantitative estimate of drug-likeness (QED) is 0.539. The van der Waals surface area contributed by atoms with Gasteiger partial charge in [-0.05, 0) is 12.5 Å². The van der Waals surface area contributed by atoms with Crippen molar-refractivity contribution in [1.29, 1.82) is 0 Å². The fraction of sp³-hybridized carbons (Fsp3) is 0.538. The second-order valence-electron chi connectivity index (χ2n) is 4.78. The predicted octanol–water partition coefficient (Wildman–Crippen LogP) is 1.11. The van der Waals surface area contributed by atoms with Crippen LogP contribution in [0.1, 0.15) is 19.3 Å². The van der Waals surface area contributed by atoms with Gasteiger partial charge in [0.15, 0.2) is 5.41 Å². The highest BCUT2D eigenvalue weighted by molar-refractivity contribution is 9.11. The van der Waals surface area contributed by atoms with E-state index >= 15 is 0 Å². The first-order valence-corrected chi connectivity index (χ1v) is 6.80. The molecule has 4 rings (SSSR count). The number of esters is 1. The molecule has 2 bridgehead atoms. The molecule has 1 fully saturated rings.